The SMILES string of the molecule is CCCCCCCCCCNC(=O)c1cccc[n+]1C. The first-order valence-corrected chi connectivity index (χ1v) is 7.98. The van der Waals surface area contributed by atoms with Crippen LogP contribution in [0.3, 0.4) is 0 Å². The Kier molecular flexibility index (Phi) is 8.68. The van der Waals surface area contributed by atoms with Gasteiger partial charge in [0.05, 0.1) is 0 Å². The molecule has 1 rings (SSSR count). The first-order chi connectivity index (χ1) is 9.75. The second-order valence-electron chi connectivity index (χ2n) is 5.43. The van der Waals surface area contributed by atoms with Crippen molar-refractivity contribution in [1.82, 2.24) is 5.32 Å². The van der Waals surface area contributed by atoms with E-state index in [0.29, 0.717) is 5.69 Å². The van der Waals surface area contributed by atoms with Gasteiger partial charge in [0.2, 0.25) is 0 Å². The molecule has 0 aliphatic heterocycles. The maximum atomic E-state index is 11.9. The zero-order valence-corrected chi connectivity index (χ0v) is 13.0. The fraction of sp³-hybridized carbons (Fsp3) is 0.647. The quantitative estimate of drug-likeness (QED) is 0.516. The van der Waals surface area contributed by atoms with Crippen LogP contribution in [0.1, 0.15) is 68.8 Å². The van der Waals surface area contributed by atoms with Crippen LogP contribution in [0.25, 0.3) is 0 Å². The minimum absolute atomic E-state index is 0.0241. The highest BCUT2D eigenvalue weighted by Crippen LogP contribution is 2.07. The second kappa shape index (κ2) is 10.4. The molecule has 0 aliphatic rings. The van der Waals surface area contributed by atoms with Gasteiger partial charge >= 0.3 is 5.91 Å². The first-order valence-electron chi connectivity index (χ1n) is 7.98. The van der Waals surface area contributed by atoms with Gasteiger partial charge in [0.1, 0.15) is 7.05 Å². The molecule has 0 unspecified atom stereocenters. The number of hydrogen-bond donors (Lipinski definition) is 1. The Morgan fingerprint density at radius 3 is 2.35 bits per heavy atom. The molecule has 0 aliphatic carbocycles. The van der Waals surface area contributed by atoms with Crippen LogP contribution in [-0.2, 0) is 7.05 Å². The standard InChI is InChI=1S/C17H28N2O/c1-3-4-5-6-7-8-9-11-14-18-17(20)16-13-10-12-15-19(16)2/h10,12-13,15H,3-9,11,14H2,1-2H3/p+1. The van der Waals surface area contributed by atoms with Crippen LogP contribution in [-0.4, -0.2) is 12.5 Å². The highest BCUT2D eigenvalue weighted by Gasteiger charge is 2.14. The summed E-state index contributed by atoms with van der Waals surface area (Å²) in [5, 5.41) is 2.99. The van der Waals surface area contributed by atoms with Crippen molar-refractivity contribution >= 4 is 5.91 Å². The lowest BCUT2D eigenvalue weighted by Gasteiger charge is -2.04. The Bertz CT molecular complexity index is 390. The molecule has 0 bridgehead atoms. The molecule has 1 heterocycles. The zero-order valence-electron chi connectivity index (χ0n) is 13.0. The third-order valence-electron chi connectivity index (χ3n) is 3.60. The molecular formula is C17H29N2O+. The fourth-order valence-electron chi connectivity index (χ4n) is 2.31. The summed E-state index contributed by atoms with van der Waals surface area (Å²) in [7, 11) is 1.89. The zero-order chi connectivity index (χ0) is 14.6. The van der Waals surface area contributed by atoms with Crippen LogP contribution in [0.4, 0.5) is 0 Å². The van der Waals surface area contributed by atoms with E-state index in [9.17, 15) is 4.79 Å². The van der Waals surface area contributed by atoms with E-state index < -0.39 is 0 Å². The number of nitrogens with one attached hydrogen (secondary N) is 1. The molecule has 0 saturated heterocycles. The van der Waals surface area contributed by atoms with E-state index in [2.05, 4.69) is 12.2 Å². The Labute approximate surface area is 123 Å². The van der Waals surface area contributed by atoms with Crippen LogP contribution >= 0.6 is 0 Å². The molecule has 3 nitrogen and oxygen atoms in total. The molecule has 1 amide bonds. The van der Waals surface area contributed by atoms with Gasteiger partial charge in [-0.1, -0.05) is 51.9 Å². The molecule has 20 heavy (non-hydrogen) atoms. The van der Waals surface area contributed by atoms with Gasteiger partial charge in [0.25, 0.3) is 5.69 Å². The van der Waals surface area contributed by atoms with Gasteiger partial charge in [-0.15, -0.1) is 0 Å². The van der Waals surface area contributed by atoms with Crippen LogP contribution in [0.2, 0.25) is 0 Å². The molecule has 112 valence electrons. The summed E-state index contributed by atoms with van der Waals surface area (Å²) >= 11 is 0. The van der Waals surface area contributed by atoms with Crippen LogP contribution in [0.5, 0.6) is 0 Å². The molecule has 0 radical (unpaired) electrons. The largest absolute Gasteiger partial charge is 0.347 e. The van der Waals surface area contributed by atoms with E-state index in [1.54, 1.807) is 0 Å². The van der Waals surface area contributed by atoms with Gasteiger partial charge < -0.3 is 5.32 Å². The summed E-state index contributed by atoms with van der Waals surface area (Å²) in [6.07, 6.45) is 12.2. The third kappa shape index (κ3) is 6.69. The lowest BCUT2D eigenvalue weighted by molar-refractivity contribution is -0.673. The number of nitrogens with zero attached hydrogens (tertiary/aromatic N) is 1. The number of aryl methyl sites for hydroxylation is 1. The average molecular weight is 277 g/mol. The third-order valence-corrected chi connectivity index (χ3v) is 3.60. The van der Waals surface area contributed by atoms with Crippen molar-refractivity contribution in [3.05, 3.63) is 30.1 Å². The van der Waals surface area contributed by atoms with Crippen molar-refractivity contribution in [2.24, 2.45) is 7.05 Å². The minimum Gasteiger partial charge on any atom is -0.347 e. The Balaban J connectivity index is 2.04. The van der Waals surface area contributed by atoms with Crippen molar-refractivity contribution in [2.45, 2.75) is 58.3 Å². The lowest BCUT2D eigenvalue weighted by Crippen LogP contribution is -2.40. The fourth-order valence-corrected chi connectivity index (χ4v) is 2.31. The lowest BCUT2D eigenvalue weighted by atomic mass is 10.1. The first kappa shape index (κ1) is 16.7. The molecule has 1 aromatic rings. The molecular weight excluding hydrogens is 248 g/mol. The number of rotatable bonds is 10. The molecule has 3 heteroatoms. The van der Waals surface area contributed by atoms with Gasteiger partial charge in [0.15, 0.2) is 6.20 Å². The summed E-state index contributed by atoms with van der Waals surface area (Å²) in [5.74, 6) is 0.0241. The van der Waals surface area contributed by atoms with E-state index in [4.69, 9.17) is 0 Å². The van der Waals surface area contributed by atoms with Crippen molar-refractivity contribution in [1.29, 1.82) is 0 Å². The van der Waals surface area contributed by atoms with Crippen molar-refractivity contribution < 1.29 is 9.36 Å². The Morgan fingerprint density at radius 1 is 1.05 bits per heavy atom. The van der Waals surface area contributed by atoms with E-state index in [1.165, 1.54) is 44.9 Å². The predicted molar refractivity (Wildman–Crippen MR) is 82.6 cm³/mol. The predicted octanol–water partition coefficient (Wildman–Crippen LogP) is 3.38. The number of hydrogen-bond acceptors (Lipinski definition) is 1. The molecule has 0 aromatic carbocycles. The normalized spacial score (nSPS) is 10.5. The number of carbonyl (C=O) groups is 1. The van der Waals surface area contributed by atoms with Crippen molar-refractivity contribution in [3.63, 3.8) is 0 Å². The molecule has 0 atom stereocenters. The molecule has 0 spiro atoms. The summed E-state index contributed by atoms with van der Waals surface area (Å²) in [6.45, 7) is 3.03. The number of unbranched alkanes of at least 4 members (excludes halogenated alkanes) is 7. The Hall–Kier alpha value is -1.38. The summed E-state index contributed by atoms with van der Waals surface area (Å²) in [5.41, 5.74) is 0.715. The van der Waals surface area contributed by atoms with Gasteiger partial charge in [0, 0.05) is 18.7 Å². The molecule has 1 N–H and O–H groups in total. The maximum absolute atomic E-state index is 11.9. The van der Waals surface area contributed by atoms with Crippen molar-refractivity contribution in [3.8, 4) is 0 Å². The van der Waals surface area contributed by atoms with E-state index >= 15 is 0 Å². The summed E-state index contributed by atoms with van der Waals surface area (Å²) in [4.78, 5) is 11.9. The topological polar surface area (TPSA) is 33.0 Å². The van der Waals surface area contributed by atoms with Gasteiger partial charge in [-0.05, 0) is 12.5 Å². The number of pyridine rings is 1. The van der Waals surface area contributed by atoms with E-state index in [1.807, 2.05) is 36.0 Å². The summed E-state index contributed by atoms with van der Waals surface area (Å²) in [6, 6.07) is 5.67. The van der Waals surface area contributed by atoms with Gasteiger partial charge in [-0.3, -0.25) is 4.79 Å². The van der Waals surface area contributed by atoms with Crippen LogP contribution in [0, 0.1) is 0 Å². The van der Waals surface area contributed by atoms with Crippen molar-refractivity contribution in [2.75, 3.05) is 6.54 Å². The smallest absolute Gasteiger partial charge is 0.316 e. The molecule has 0 saturated carbocycles. The summed E-state index contributed by atoms with van der Waals surface area (Å²) < 4.78 is 1.85. The Morgan fingerprint density at radius 2 is 1.70 bits per heavy atom. The second-order valence-corrected chi connectivity index (χ2v) is 5.43. The highest BCUT2D eigenvalue weighted by molar-refractivity contribution is 5.90. The van der Waals surface area contributed by atoms with Crippen LogP contribution < -0.4 is 9.88 Å². The monoisotopic (exact) mass is 277 g/mol. The average Bonchev–Trinajstić information content (AvgIpc) is 2.46. The number of aromatic nitrogens is 1. The van der Waals surface area contributed by atoms with E-state index in [-0.39, 0.29) is 5.91 Å². The maximum Gasteiger partial charge on any atom is 0.316 e. The molecule has 1 aromatic heterocycles. The molecule has 0 fully saturated rings. The van der Waals surface area contributed by atoms with Crippen LogP contribution in [0.15, 0.2) is 24.4 Å². The highest BCUT2D eigenvalue weighted by atomic mass is 16.1. The van der Waals surface area contributed by atoms with Gasteiger partial charge in [-0.2, -0.15) is 4.57 Å². The number of carbonyl (C=O) groups excluding carboxylic acids is 1. The van der Waals surface area contributed by atoms with Gasteiger partial charge in [-0.25, -0.2) is 0 Å². The number of amides is 1. The minimum atomic E-state index is 0.0241. The van der Waals surface area contributed by atoms with E-state index in [0.717, 1.165) is 13.0 Å².